The molecular formula is C29H44N6O12. The molecule has 0 fully saturated rings. The van der Waals surface area contributed by atoms with Gasteiger partial charge in [0.2, 0.25) is 35.3 Å². The molecule has 6 amide bonds. The second-order valence-corrected chi connectivity index (χ2v) is 11.4. The lowest BCUT2D eigenvalue weighted by atomic mass is 9.99. The molecule has 0 rings (SSSR count). The van der Waals surface area contributed by atoms with Crippen LogP contribution in [0, 0.1) is 11.8 Å². The molecule has 0 radical (unpaired) electrons. The molecule has 18 heteroatoms. The number of amides is 6. The molecule has 8 N–H and O–H groups in total. The average molecular weight is 669 g/mol. The first kappa shape index (κ1) is 41.8. The van der Waals surface area contributed by atoms with Crippen molar-refractivity contribution in [1.82, 2.24) is 31.9 Å². The fourth-order valence-corrected chi connectivity index (χ4v) is 3.85. The van der Waals surface area contributed by atoms with Gasteiger partial charge in [0.25, 0.3) is 11.7 Å². The van der Waals surface area contributed by atoms with E-state index in [0.717, 1.165) is 13.8 Å². The van der Waals surface area contributed by atoms with Crippen LogP contribution in [0.4, 0.5) is 0 Å². The zero-order valence-corrected chi connectivity index (χ0v) is 27.3. The SMILES string of the molecule is C=CCC(NC(=O)[C@H](C)NC(=O)[C@@H](NC(=O)[C@@H](NC(=O)[C@H](CC(=O)O)NC(C)=O)C(C)C)C(C)C)C(=O)C(=O)C(=O)N[C@@H](C)C(=O)O. The van der Waals surface area contributed by atoms with Gasteiger partial charge in [0, 0.05) is 6.92 Å². The van der Waals surface area contributed by atoms with E-state index in [4.69, 9.17) is 10.2 Å². The highest BCUT2D eigenvalue weighted by molar-refractivity contribution is 6.64. The van der Waals surface area contributed by atoms with Crippen LogP contribution in [-0.4, -0.2) is 105 Å². The second kappa shape index (κ2) is 19.4. The number of Topliss-reactive ketones (excluding diaryl/α,β-unsaturated/α-hetero) is 2. The first-order chi connectivity index (χ1) is 21.6. The summed E-state index contributed by atoms with van der Waals surface area (Å²) >= 11 is 0. The molecule has 1 unspecified atom stereocenters. The minimum atomic E-state index is -1.61. The van der Waals surface area contributed by atoms with E-state index < -0.39 is 113 Å². The molecule has 0 aromatic rings. The molecule has 0 aliphatic carbocycles. The van der Waals surface area contributed by atoms with Crippen LogP contribution in [0.1, 0.15) is 61.3 Å². The summed E-state index contributed by atoms with van der Waals surface area (Å²) < 4.78 is 0. The third-order valence-corrected chi connectivity index (χ3v) is 6.50. The quantitative estimate of drug-likeness (QED) is 0.0381. The molecular weight excluding hydrogens is 624 g/mol. The zero-order valence-electron chi connectivity index (χ0n) is 27.3. The summed E-state index contributed by atoms with van der Waals surface area (Å²) in [5.41, 5.74) is 0. The van der Waals surface area contributed by atoms with Crippen molar-refractivity contribution in [3.63, 3.8) is 0 Å². The van der Waals surface area contributed by atoms with Crippen molar-refractivity contribution in [3.8, 4) is 0 Å². The number of carbonyl (C=O) groups is 10. The Hall–Kier alpha value is -5.16. The number of carboxylic acid groups (broad SMARTS) is 2. The van der Waals surface area contributed by atoms with Crippen LogP contribution in [0.25, 0.3) is 0 Å². The molecule has 6 atom stereocenters. The Morgan fingerprint density at radius 3 is 1.53 bits per heavy atom. The maximum Gasteiger partial charge on any atom is 0.325 e. The maximum atomic E-state index is 13.2. The lowest BCUT2D eigenvalue weighted by Gasteiger charge is -2.29. The first-order valence-corrected chi connectivity index (χ1v) is 14.6. The van der Waals surface area contributed by atoms with Crippen LogP contribution in [0.3, 0.4) is 0 Å². The van der Waals surface area contributed by atoms with E-state index >= 15 is 0 Å². The number of nitrogens with one attached hydrogen (secondary N) is 6. The minimum Gasteiger partial charge on any atom is -0.481 e. The van der Waals surface area contributed by atoms with Crippen molar-refractivity contribution in [2.75, 3.05) is 0 Å². The monoisotopic (exact) mass is 668 g/mol. The van der Waals surface area contributed by atoms with E-state index in [0.29, 0.717) is 0 Å². The molecule has 0 aliphatic rings. The van der Waals surface area contributed by atoms with Gasteiger partial charge in [-0.1, -0.05) is 33.8 Å². The van der Waals surface area contributed by atoms with E-state index in [1.165, 1.54) is 13.0 Å². The topological polar surface area (TPSA) is 283 Å². The maximum absolute atomic E-state index is 13.2. The Kier molecular flexibility index (Phi) is 17.2. The molecule has 0 aromatic heterocycles. The van der Waals surface area contributed by atoms with Crippen molar-refractivity contribution in [2.24, 2.45) is 11.8 Å². The molecule has 18 nitrogen and oxygen atoms in total. The molecule has 0 heterocycles. The number of rotatable bonds is 20. The third kappa shape index (κ3) is 14.2. The van der Waals surface area contributed by atoms with Crippen molar-refractivity contribution >= 4 is 58.9 Å². The van der Waals surface area contributed by atoms with Gasteiger partial charge in [-0.3, -0.25) is 47.9 Å². The largest absolute Gasteiger partial charge is 0.481 e. The van der Waals surface area contributed by atoms with Gasteiger partial charge in [-0.2, -0.15) is 0 Å². The fourth-order valence-electron chi connectivity index (χ4n) is 3.85. The van der Waals surface area contributed by atoms with Gasteiger partial charge in [-0.15, -0.1) is 6.58 Å². The summed E-state index contributed by atoms with van der Waals surface area (Å²) in [5, 5.41) is 31.5. The Balaban J connectivity index is 5.69. The van der Waals surface area contributed by atoms with Gasteiger partial charge >= 0.3 is 11.9 Å². The zero-order chi connectivity index (χ0) is 36.8. The summed E-state index contributed by atoms with van der Waals surface area (Å²) in [6.07, 6.45) is 0.145. The summed E-state index contributed by atoms with van der Waals surface area (Å²) in [6.45, 7) is 13.2. The summed E-state index contributed by atoms with van der Waals surface area (Å²) in [7, 11) is 0. The van der Waals surface area contributed by atoms with Gasteiger partial charge in [0.1, 0.15) is 30.2 Å². The fraction of sp³-hybridized carbons (Fsp3) is 0.586. The molecule has 47 heavy (non-hydrogen) atoms. The van der Waals surface area contributed by atoms with E-state index in [2.05, 4.69) is 33.2 Å². The molecule has 0 bridgehead atoms. The third-order valence-electron chi connectivity index (χ3n) is 6.50. The second-order valence-electron chi connectivity index (χ2n) is 11.4. The molecule has 0 aromatic carbocycles. The predicted octanol–water partition coefficient (Wildman–Crippen LogP) is -2.46. The number of hydrogen-bond donors (Lipinski definition) is 8. The lowest BCUT2D eigenvalue weighted by Crippen LogP contribution is -2.60. The van der Waals surface area contributed by atoms with Gasteiger partial charge in [-0.25, -0.2) is 0 Å². The van der Waals surface area contributed by atoms with E-state index in [-0.39, 0.29) is 6.42 Å². The van der Waals surface area contributed by atoms with Crippen LogP contribution < -0.4 is 31.9 Å². The smallest absolute Gasteiger partial charge is 0.325 e. The van der Waals surface area contributed by atoms with Crippen LogP contribution in [0.15, 0.2) is 12.7 Å². The van der Waals surface area contributed by atoms with Gasteiger partial charge in [0.05, 0.1) is 12.5 Å². The van der Waals surface area contributed by atoms with Crippen molar-refractivity contribution in [1.29, 1.82) is 0 Å². The van der Waals surface area contributed by atoms with Crippen LogP contribution in [0.2, 0.25) is 0 Å². The lowest BCUT2D eigenvalue weighted by molar-refractivity contribution is -0.148. The molecule has 0 saturated heterocycles. The highest BCUT2D eigenvalue weighted by Gasteiger charge is 2.35. The summed E-state index contributed by atoms with van der Waals surface area (Å²) in [4.78, 5) is 122. The van der Waals surface area contributed by atoms with Crippen LogP contribution >= 0.6 is 0 Å². The van der Waals surface area contributed by atoms with E-state index in [9.17, 15) is 47.9 Å². The van der Waals surface area contributed by atoms with E-state index in [1.807, 2.05) is 5.32 Å². The van der Waals surface area contributed by atoms with Crippen LogP contribution in [0.5, 0.6) is 0 Å². The normalized spacial score (nSPS) is 14.6. The number of aliphatic carboxylic acids is 2. The highest BCUT2D eigenvalue weighted by Crippen LogP contribution is 2.09. The Morgan fingerprint density at radius 2 is 1.11 bits per heavy atom. The van der Waals surface area contributed by atoms with Crippen molar-refractivity contribution in [3.05, 3.63) is 12.7 Å². The number of carboxylic acids is 2. The first-order valence-electron chi connectivity index (χ1n) is 14.6. The van der Waals surface area contributed by atoms with Gasteiger partial charge in [0.15, 0.2) is 0 Å². The van der Waals surface area contributed by atoms with Crippen molar-refractivity contribution < 1.29 is 58.2 Å². The van der Waals surface area contributed by atoms with Gasteiger partial charge < -0.3 is 42.1 Å². The highest BCUT2D eigenvalue weighted by atomic mass is 16.4. The minimum absolute atomic E-state index is 0.291. The Bertz CT molecular complexity index is 1250. The Labute approximate surface area is 271 Å². The summed E-state index contributed by atoms with van der Waals surface area (Å²) in [5.74, 6) is -12.6. The predicted molar refractivity (Wildman–Crippen MR) is 163 cm³/mol. The number of ketones is 2. The van der Waals surface area contributed by atoms with Gasteiger partial charge in [-0.05, 0) is 32.1 Å². The average Bonchev–Trinajstić information content (AvgIpc) is 2.95. The Morgan fingerprint density at radius 1 is 0.617 bits per heavy atom. The molecule has 0 aliphatic heterocycles. The number of hydrogen-bond acceptors (Lipinski definition) is 10. The molecule has 262 valence electrons. The van der Waals surface area contributed by atoms with E-state index in [1.54, 1.807) is 27.7 Å². The number of carbonyl (C=O) groups excluding carboxylic acids is 8. The standard InChI is InChI=1S/C29H44N6O12/c1-9-10-17(22(39)23(40)28(45)31-15(7)29(46)47)33-24(41)14(6)30-26(43)20(12(2)3)35-27(44)21(13(4)5)34-25(42)18(11-19(37)38)32-16(8)36/h9,12-15,17-18,20-21H,1,10-11H2,2-8H3,(H,30,43)(H,31,45)(H,32,36)(H,33,41)(H,34,42)(H,35,44)(H,37,38)(H,46,47)/t14-,15-,17?,18-,20-,21-/m0/s1. The molecule has 0 spiro atoms. The van der Waals surface area contributed by atoms with Crippen molar-refractivity contribution in [2.45, 2.75) is 97.6 Å². The van der Waals surface area contributed by atoms with Crippen LogP contribution in [-0.2, 0) is 47.9 Å². The molecule has 0 saturated carbocycles. The summed E-state index contributed by atoms with van der Waals surface area (Å²) in [6, 6.07) is -8.38.